The van der Waals surface area contributed by atoms with Crippen LogP contribution in [0.15, 0.2) is 29.2 Å². The van der Waals surface area contributed by atoms with Crippen LogP contribution in [0.2, 0.25) is 0 Å². The van der Waals surface area contributed by atoms with E-state index in [2.05, 4.69) is 15.0 Å². The van der Waals surface area contributed by atoms with E-state index in [9.17, 15) is 8.42 Å². The van der Waals surface area contributed by atoms with Crippen molar-refractivity contribution < 1.29 is 8.42 Å². The van der Waals surface area contributed by atoms with Crippen LogP contribution in [0.25, 0.3) is 0 Å². The molecule has 1 aromatic heterocycles. The number of sulfonamides is 1. The number of aromatic nitrogens is 1. The first-order valence-electron chi connectivity index (χ1n) is 6.33. The summed E-state index contributed by atoms with van der Waals surface area (Å²) < 4.78 is 27.2. The van der Waals surface area contributed by atoms with Crippen LogP contribution in [0.4, 0.5) is 5.13 Å². The van der Waals surface area contributed by atoms with E-state index in [4.69, 9.17) is 0 Å². The molecule has 2 aromatic rings. The van der Waals surface area contributed by atoms with E-state index in [1.807, 2.05) is 13.0 Å². The number of hydrogen-bond acceptors (Lipinski definition) is 5. The van der Waals surface area contributed by atoms with Crippen LogP contribution in [-0.2, 0) is 23.0 Å². The van der Waals surface area contributed by atoms with E-state index in [0.29, 0.717) is 5.13 Å². The molecule has 106 valence electrons. The van der Waals surface area contributed by atoms with Crippen LogP contribution in [0.1, 0.15) is 16.1 Å². The maximum atomic E-state index is 12.3. The molecule has 20 heavy (non-hydrogen) atoms. The van der Waals surface area contributed by atoms with Crippen LogP contribution in [-0.4, -0.2) is 19.9 Å². The van der Waals surface area contributed by atoms with E-state index < -0.39 is 10.0 Å². The number of aryl methyl sites for hydroxylation is 1. The van der Waals surface area contributed by atoms with Gasteiger partial charge < -0.3 is 5.32 Å². The minimum atomic E-state index is -3.56. The average molecular weight is 309 g/mol. The topological polar surface area (TPSA) is 71.1 Å². The van der Waals surface area contributed by atoms with Crippen molar-refractivity contribution in [1.82, 2.24) is 10.3 Å². The van der Waals surface area contributed by atoms with Gasteiger partial charge in [0.2, 0.25) is 0 Å². The average Bonchev–Trinajstić information content (AvgIpc) is 2.80. The van der Waals surface area contributed by atoms with Gasteiger partial charge in [-0.15, -0.1) is 0 Å². The lowest BCUT2D eigenvalue weighted by atomic mass is 10.2. The smallest absolute Gasteiger partial charge is 0.263 e. The Morgan fingerprint density at radius 3 is 3.00 bits per heavy atom. The van der Waals surface area contributed by atoms with Gasteiger partial charge in [0, 0.05) is 24.4 Å². The van der Waals surface area contributed by atoms with Crippen molar-refractivity contribution in [1.29, 1.82) is 0 Å². The maximum Gasteiger partial charge on any atom is 0.263 e. The Bertz CT molecular complexity index is 714. The molecule has 0 amide bonds. The molecular formula is C13H15N3O2S2. The van der Waals surface area contributed by atoms with Crippen LogP contribution in [0.5, 0.6) is 0 Å². The van der Waals surface area contributed by atoms with Crippen molar-refractivity contribution in [3.63, 3.8) is 0 Å². The second-order valence-corrected chi connectivity index (χ2v) is 7.50. The van der Waals surface area contributed by atoms with Gasteiger partial charge in [0.1, 0.15) is 0 Å². The molecule has 5 nitrogen and oxygen atoms in total. The number of rotatable bonds is 3. The lowest BCUT2D eigenvalue weighted by molar-refractivity contribution is 0.601. The summed E-state index contributed by atoms with van der Waals surface area (Å²) in [6, 6.07) is 6.84. The number of hydrogen-bond donors (Lipinski definition) is 2. The van der Waals surface area contributed by atoms with Crippen molar-refractivity contribution in [3.8, 4) is 0 Å². The third-order valence-corrected chi connectivity index (χ3v) is 5.60. The molecule has 0 radical (unpaired) electrons. The van der Waals surface area contributed by atoms with Gasteiger partial charge in [-0.3, -0.25) is 4.72 Å². The highest BCUT2D eigenvalue weighted by Crippen LogP contribution is 2.27. The highest BCUT2D eigenvalue weighted by atomic mass is 32.2. The van der Waals surface area contributed by atoms with Crippen LogP contribution >= 0.6 is 11.3 Å². The van der Waals surface area contributed by atoms with Crippen LogP contribution in [0, 0.1) is 6.92 Å². The second-order valence-electron chi connectivity index (χ2n) is 4.74. The molecule has 0 spiro atoms. The Balaban J connectivity index is 1.88. The number of anilines is 1. The first kappa shape index (κ1) is 13.5. The Morgan fingerprint density at radius 2 is 2.25 bits per heavy atom. The number of benzene rings is 1. The van der Waals surface area contributed by atoms with Crippen molar-refractivity contribution in [2.75, 3.05) is 11.3 Å². The van der Waals surface area contributed by atoms with Gasteiger partial charge in [-0.05, 0) is 24.6 Å². The lowest BCUT2D eigenvalue weighted by Crippen LogP contribution is -2.22. The van der Waals surface area contributed by atoms with Crippen LogP contribution in [0.3, 0.4) is 0 Å². The van der Waals surface area contributed by atoms with Gasteiger partial charge in [0.25, 0.3) is 10.0 Å². The molecule has 0 saturated carbocycles. The van der Waals surface area contributed by atoms with Gasteiger partial charge in [-0.2, -0.15) is 0 Å². The van der Waals surface area contributed by atoms with Gasteiger partial charge in [-0.1, -0.05) is 23.5 Å². The first-order valence-corrected chi connectivity index (χ1v) is 8.63. The zero-order chi connectivity index (χ0) is 14.2. The van der Waals surface area contributed by atoms with Crippen LogP contribution < -0.4 is 10.0 Å². The second kappa shape index (κ2) is 5.16. The molecule has 2 N–H and O–H groups in total. The molecule has 0 bridgehead atoms. The normalized spacial score (nSPS) is 14.8. The summed E-state index contributed by atoms with van der Waals surface area (Å²) >= 11 is 1.40. The number of thiazole rings is 1. The Hall–Kier alpha value is -1.44. The van der Waals surface area contributed by atoms with Crippen molar-refractivity contribution >= 4 is 26.5 Å². The fraction of sp³-hybridized carbons (Fsp3) is 0.308. The fourth-order valence-corrected chi connectivity index (χ4v) is 4.44. The molecule has 0 unspecified atom stereocenters. The van der Waals surface area contributed by atoms with E-state index in [0.717, 1.165) is 35.6 Å². The lowest BCUT2D eigenvalue weighted by Gasteiger charge is -2.09. The summed E-state index contributed by atoms with van der Waals surface area (Å²) in [6.45, 7) is 3.52. The molecular weight excluding hydrogens is 294 g/mol. The summed E-state index contributed by atoms with van der Waals surface area (Å²) in [5.74, 6) is 0. The predicted octanol–water partition coefficient (Wildman–Crippen LogP) is 1.90. The van der Waals surface area contributed by atoms with Gasteiger partial charge in [0.15, 0.2) is 5.13 Å². The Morgan fingerprint density at radius 1 is 1.40 bits per heavy atom. The van der Waals surface area contributed by atoms with E-state index in [1.54, 1.807) is 18.2 Å². The third-order valence-electron chi connectivity index (χ3n) is 3.12. The molecule has 7 heteroatoms. The third kappa shape index (κ3) is 2.70. The molecule has 0 fully saturated rings. The van der Waals surface area contributed by atoms with E-state index in [1.165, 1.54) is 11.3 Å². The predicted molar refractivity (Wildman–Crippen MR) is 79.5 cm³/mol. The van der Waals surface area contributed by atoms with Crippen molar-refractivity contribution in [2.24, 2.45) is 0 Å². The minimum Gasteiger partial charge on any atom is -0.311 e. The molecule has 1 aliphatic rings. The highest BCUT2D eigenvalue weighted by molar-refractivity contribution is 7.93. The molecule has 3 rings (SSSR count). The largest absolute Gasteiger partial charge is 0.311 e. The molecule has 0 atom stereocenters. The Labute approximate surface area is 122 Å². The zero-order valence-corrected chi connectivity index (χ0v) is 12.6. The molecule has 1 aliphatic heterocycles. The molecule has 1 aromatic carbocycles. The number of fused-ring (bicyclic) bond motifs is 1. The van der Waals surface area contributed by atoms with Gasteiger partial charge >= 0.3 is 0 Å². The number of nitrogens with zero attached hydrogens (tertiary/aromatic N) is 1. The summed E-state index contributed by atoms with van der Waals surface area (Å²) in [7, 11) is -3.56. The molecule has 0 saturated heterocycles. The number of nitrogens with one attached hydrogen (secondary N) is 2. The maximum absolute atomic E-state index is 12.3. The quantitative estimate of drug-likeness (QED) is 0.908. The first-order chi connectivity index (χ1) is 9.54. The molecule has 0 aliphatic carbocycles. The van der Waals surface area contributed by atoms with E-state index in [-0.39, 0.29) is 4.90 Å². The monoisotopic (exact) mass is 309 g/mol. The van der Waals surface area contributed by atoms with Crippen molar-refractivity contribution in [2.45, 2.75) is 24.8 Å². The fourth-order valence-electron chi connectivity index (χ4n) is 2.13. The molecule has 2 heterocycles. The Kier molecular flexibility index (Phi) is 3.49. The summed E-state index contributed by atoms with van der Waals surface area (Å²) in [5, 5.41) is 3.69. The minimum absolute atomic E-state index is 0.267. The summed E-state index contributed by atoms with van der Waals surface area (Å²) in [5.41, 5.74) is 1.91. The summed E-state index contributed by atoms with van der Waals surface area (Å²) in [4.78, 5) is 5.75. The van der Waals surface area contributed by atoms with Gasteiger partial charge in [0.05, 0.1) is 10.6 Å². The SMILES string of the molecule is Cc1cccc(S(=O)(=O)Nc2nc3c(s2)CNCC3)c1. The highest BCUT2D eigenvalue weighted by Gasteiger charge is 2.19. The summed E-state index contributed by atoms with van der Waals surface area (Å²) in [6.07, 6.45) is 0.845. The van der Waals surface area contributed by atoms with E-state index >= 15 is 0 Å². The standard InChI is InChI=1S/C13H15N3O2S2/c1-9-3-2-4-10(7-9)20(17,18)16-13-15-11-5-6-14-8-12(11)19-13/h2-4,7,14H,5-6,8H2,1H3,(H,15,16). The zero-order valence-electron chi connectivity index (χ0n) is 11.0. The van der Waals surface area contributed by atoms with Gasteiger partial charge in [-0.25, -0.2) is 13.4 Å². The van der Waals surface area contributed by atoms with Crippen molar-refractivity contribution in [3.05, 3.63) is 40.4 Å².